The van der Waals surface area contributed by atoms with Gasteiger partial charge in [0.1, 0.15) is 0 Å². The number of fused-ring (bicyclic) bond motifs is 1. The smallest absolute Gasteiger partial charge is 0.289 e. The zero-order chi connectivity index (χ0) is 11.1. The second kappa shape index (κ2) is 3.32. The van der Waals surface area contributed by atoms with Crippen molar-refractivity contribution in [1.29, 1.82) is 0 Å². The van der Waals surface area contributed by atoms with Gasteiger partial charge in [-0.1, -0.05) is 6.07 Å². The summed E-state index contributed by atoms with van der Waals surface area (Å²) in [6.45, 7) is 0. The molecule has 1 unspecified atom stereocenters. The molecule has 0 saturated carbocycles. The van der Waals surface area contributed by atoms with Crippen LogP contribution in [0.5, 0.6) is 0 Å². The number of rotatable bonds is 1. The Morgan fingerprint density at radius 1 is 1.47 bits per heavy atom. The maximum atomic E-state index is 12.2. The van der Waals surface area contributed by atoms with Crippen LogP contribution in [-0.2, 0) is 11.2 Å². The maximum absolute atomic E-state index is 12.2. The van der Waals surface area contributed by atoms with Crippen molar-refractivity contribution in [1.82, 2.24) is 4.98 Å². The number of aromatic nitrogens is 1. The number of hydrogen-bond donors (Lipinski definition) is 0. The first-order chi connectivity index (χ1) is 7.00. The first-order valence-corrected chi connectivity index (χ1v) is 4.55. The third kappa shape index (κ3) is 1.73. The van der Waals surface area contributed by atoms with Crippen LogP contribution in [0.3, 0.4) is 0 Å². The number of aryl methyl sites for hydroxylation is 1. The van der Waals surface area contributed by atoms with Gasteiger partial charge in [-0.2, -0.15) is 13.2 Å². The standard InChI is InChI=1S/C10H8F3NO/c11-10(12,13)9(15)7-4-3-6-2-1-5-14-8(6)7/h1-2,5,7H,3-4H2. The minimum Gasteiger partial charge on any atom is -0.289 e. The van der Waals surface area contributed by atoms with E-state index >= 15 is 0 Å². The van der Waals surface area contributed by atoms with Crippen LogP contribution < -0.4 is 0 Å². The lowest BCUT2D eigenvalue weighted by atomic mass is 10.0. The number of hydrogen-bond acceptors (Lipinski definition) is 2. The summed E-state index contributed by atoms with van der Waals surface area (Å²) in [4.78, 5) is 14.9. The molecule has 0 N–H and O–H groups in total. The lowest BCUT2D eigenvalue weighted by Gasteiger charge is -2.11. The Hall–Kier alpha value is -1.39. The molecule has 0 fully saturated rings. The first kappa shape index (κ1) is 10.1. The van der Waals surface area contributed by atoms with Gasteiger partial charge in [0, 0.05) is 6.20 Å². The molecule has 1 aromatic heterocycles. The molecule has 1 atom stereocenters. The predicted octanol–water partition coefficient (Wildman–Crippen LogP) is 2.24. The van der Waals surface area contributed by atoms with Gasteiger partial charge in [-0.3, -0.25) is 9.78 Å². The maximum Gasteiger partial charge on any atom is 0.450 e. The molecule has 5 heteroatoms. The van der Waals surface area contributed by atoms with E-state index in [1.165, 1.54) is 6.20 Å². The number of nitrogens with zero attached hydrogens (tertiary/aromatic N) is 1. The van der Waals surface area contributed by atoms with Crippen molar-refractivity contribution in [3.8, 4) is 0 Å². The fourth-order valence-electron chi connectivity index (χ4n) is 1.87. The SMILES string of the molecule is O=C(C1CCc2cccnc21)C(F)(F)F. The average Bonchev–Trinajstić information content (AvgIpc) is 2.58. The Balaban J connectivity index is 2.32. The van der Waals surface area contributed by atoms with Crippen molar-refractivity contribution in [2.45, 2.75) is 24.9 Å². The highest BCUT2D eigenvalue weighted by molar-refractivity contribution is 5.91. The van der Waals surface area contributed by atoms with E-state index in [1.807, 2.05) is 0 Å². The van der Waals surface area contributed by atoms with Gasteiger partial charge < -0.3 is 0 Å². The number of pyridine rings is 1. The van der Waals surface area contributed by atoms with Gasteiger partial charge in [-0.25, -0.2) is 0 Å². The lowest BCUT2D eigenvalue weighted by Crippen LogP contribution is -2.28. The monoisotopic (exact) mass is 215 g/mol. The van der Waals surface area contributed by atoms with E-state index < -0.39 is 17.9 Å². The van der Waals surface area contributed by atoms with Crippen molar-refractivity contribution in [3.05, 3.63) is 29.6 Å². The summed E-state index contributed by atoms with van der Waals surface area (Å²) >= 11 is 0. The average molecular weight is 215 g/mol. The molecule has 1 aromatic rings. The number of carbonyl (C=O) groups excluding carboxylic acids is 1. The Bertz CT molecular complexity index is 400. The third-order valence-electron chi connectivity index (χ3n) is 2.55. The molecule has 1 heterocycles. The minimum atomic E-state index is -4.76. The summed E-state index contributed by atoms with van der Waals surface area (Å²) in [5, 5.41) is 0. The molecule has 2 rings (SSSR count). The van der Waals surface area contributed by atoms with Crippen molar-refractivity contribution in [2.24, 2.45) is 0 Å². The minimum absolute atomic E-state index is 0.213. The van der Waals surface area contributed by atoms with Gasteiger partial charge in [0.15, 0.2) is 0 Å². The largest absolute Gasteiger partial charge is 0.450 e. The Morgan fingerprint density at radius 3 is 2.87 bits per heavy atom. The fourth-order valence-corrected chi connectivity index (χ4v) is 1.87. The summed E-state index contributed by atoms with van der Waals surface area (Å²) in [7, 11) is 0. The second-order valence-corrected chi connectivity index (χ2v) is 3.50. The summed E-state index contributed by atoms with van der Waals surface area (Å²) in [6, 6.07) is 3.38. The fraction of sp³-hybridized carbons (Fsp3) is 0.400. The van der Waals surface area contributed by atoms with Crippen molar-refractivity contribution in [3.63, 3.8) is 0 Å². The number of carbonyl (C=O) groups is 1. The van der Waals surface area contributed by atoms with E-state index in [1.54, 1.807) is 12.1 Å². The Kier molecular flexibility index (Phi) is 2.25. The number of halogens is 3. The van der Waals surface area contributed by atoms with Crippen LogP contribution in [0.1, 0.15) is 23.6 Å². The molecule has 0 aromatic carbocycles. The summed E-state index contributed by atoms with van der Waals surface area (Å²) in [6.07, 6.45) is -2.63. The topological polar surface area (TPSA) is 30.0 Å². The van der Waals surface area contributed by atoms with Gasteiger partial charge in [0.2, 0.25) is 5.78 Å². The van der Waals surface area contributed by atoms with Gasteiger partial charge in [0.05, 0.1) is 11.6 Å². The normalized spacial score (nSPS) is 20.1. The molecule has 1 aliphatic rings. The van der Waals surface area contributed by atoms with Crippen molar-refractivity contribution < 1.29 is 18.0 Å². The van der Waals surface area contributed by atoms with E-state index in [2.05, 4.69) is 4.98 Å². The number of Topliss-reactive ketones (excluding diaryl/α,β-unsaturated/α-hetero) is 1. The van der Waals surface area contributed by atoms with Crippen LogP contribution in [0.15, 0.2) is 18.3 Å². The molecule has 0 aliphatic heterocycles. The highest BCUT2D eigenvalue weighted by Gasteiger charge is 2.46. The molecule has 0 amide bonds. The van der Waals surface area contributed by atoms with Crippen LogP contribution in [-0.4, -0.2) is 16.9 Å². The molecule has 15 heavy (non-hydrogen) atoms. The molecule has 0 bridgehead atoms. The van der Waals surface area contributed by atoms with Gasteiger partial charge >= 0.3 is 6.18 Å². The number of ketones is 1. The van der Waals surface area contributed by atoms with E-state index in [0.29, 0.717) is 12.1 Å². The van der Waals surface area contributed by atoms with Gasteiger partial charge in [-0.05, 0) is 24.5 Å². The summed E-state index contributed by atoms with van der Waals surface area (Å²) < 4.78 is 36.7. The lowest BCUT2D eigenvalue weighted by molar-refractivity contribution is -0.172. The molecular formula is C10H8F3NO. The van der Waals surface area contributed by atoms with E-state index in [9.17, 15) is 18.0 Å². The zero-order valence-electron chi connectivity index (χ0n) is 7.71. The summed E-state index contributed by atoms with van der Waals surface area (Å²) in [5.41, 5.74) is 1.04. The molecule has 1 aliphatic carbocycles. The predicted molar refractivity (Wildman–Crippen MR) is 46.4 cm³/mol. The highest BCUT2D eigenvalue weighted by atomic mass is 19.4. The zero-order valence-corrected chi connectivity index (χ0v) is 7.71. The number of alkyl halides is 3. The van der Waals surface area contributed by atoms with Crippen molar-refractivity contribution >= 4 is 5.78 Å². The van der Waals surface area contributed by atoms with Crippen LogP contribution in [0, 0.1) is 0 Å². The second-order valence-electron chi connectivity index (χ2n) is 3.50. The van der Waals surface area contributed by atoms with Crippen LogP contribution >= 0.6 is 0 Å². The molecule has 80 valence electrons. The highest BCUT2D eigenvalue weighted by Crippen LogP contribution is 2.36. The van der Waals surface area contributed by atoms with E-state index in [0.717, 1.165) is 5.56 Å². The van der Waals surface area contributed by atoms with Gasteiger partial charge in [-0.15, -0.1) is 0 Å². The van der Waals surface area contributed by atoms with Crippen LogP contribution in [0.2, 0.25) is 0 Å². The quantitative estimate of drug-likeness (QED) is 0.719. The first-order valence-electron chi connectivity index (χ1n) is 4.55. The van der Waals surface area contributed by atoms with Crippen LogP contribution in [0.4, 0.5) is 13.2 Å². The summed E-state index contributed by atoms with van der Waals surface area (Å²) in [5.74, 6) is -2.78. The molecular weight excluding hydrogens is 207 g/mol. The molecule has 0 saturated heterocycles. The molecule has 0 radical (unpaired) electrons. The van der Waals surface area contributed by atoms with Crippen LogP contribution in [0.25, 0.3) is 0 Å². The Morgan fingerprint density at radius 2 is 2.20 bits per heavy atom. The van der Waals surface area contributed by atoms with Gasteiger partial charge in [0.25, 0.3) is 0 Å². The Labute approximate surface area is 84.1 Å². The van der Waals surface area contributed by atoms with Crippen molar-refractivity contribution in [2.75, 3.05) is 0 Å². The molecule has 0 spiro atoms. The molecule has 2 nitrogen and oxygen atoms in total. The van der Waals surface area contributed by atoms with E-state index in [-0.39, 0.29) is 6.42 Å². The van der Waals surface area contributed by atoms with E-state index in [4.69, 9.17) is 0 Å². The third-order valence-corrected chi connectivity index (χ3v) is 2.55.